The summed E-state index contributed by atoms with van der Waals surface area (Å²) in [7, 11) is 0. The fraction of sp³-hybridized carbons (Fsp3) is 0.333. The van der Waals surface area contributed by atoms with E-state index in [0.717, 1.165) is 17.5 Å². The summed E-state index contributed by atoms with van der Waals surface area (Å²) in [6.07, 6.45) is 1.10. The van der Waals surface area contributed by atoms with Crippen LogP contribution in [-0.4, -0.2) is 6.04 Å². The first-order chi connectivity index (χ1) is 9.45. The van der Waals surface area contributed by atoms with Crippen molar-refractivity contribution in [2.24, 2.45) is 0 Å². The molecule has 20 heavy (non-hydrogen) atoms. The van der Waals surface area contributed by atoms with Crippen molar-refractivity contribution in [3.8, 4) is 11.1 Å². The van der Waals surface area contributed by atoms with Crippen LogP contribution in [-0.2, 0) is 5.41 Å². The Morgan fingerprint density at radius 3 is 2.60 bits per heavy atom. The lowest BCUT2D eigenvalue weighted by Crippen LogP contribution is -2.34. The van der Waals surface area contributed by atoms with E-state index >= 15 is 0 Å². The van der Waals surface area contributed by atoms with Crippen LogP contribution >= 0.6 is 0 Å². The molecule has 1 N–H and O–H groups in total. The summed E-state index contributed by atoms with van der Waals surface area (Å²) in [4.78, 5) is 0. The monoisotopic (exact) mass is 269 g/mol. The highest BCUT2D eigenvalue weighted by Crippen LogP contribution is 2.40. The molecule has 1 nitrogen and oxygen atoms in total. The third-order valence-electron chi connectivity index (χ3n) is 4.13. The molecule has 1 unspecified atom stereocenters. The molecule has 0 spiro atoms. The van der Waals surface area contributed by atoms with Crippen molar-refractivity contribution in [1.82, 2.24) is 0 Å². The van der Waals surface area contributed by atoms with Crippen LogP contribution in [0.3, 0.4) is 0 Å². The zero-order valence-corrected chi connectivity index (χ0v) is 12.2. The molecule has 0 fully saturated rings. The lowest BCUT2D eigenvalue weighted by Gasteiger charge is -2.37. The highest BCUT2D eigenvalue weighted by molar-refractivity contribution is 5.70. The summed E-state index contributed by atoms with van der Waals surface area (Å²) < 4.78 is 13.4. The predicted octanol–water partition coefficient (Wildman–Crippen LogP) is 4.97. The Bertz CT molecular complexity index is 646. The smallest absolute Gasteiger partial charge is 0.123 e. The third kappa shape index (κ3) is 2.31. The molecule has 104 valence electrons. The zero-order chi connectivity index (χ0) is 14.3. The lowest BCUT2D eigenvalue weighted by molar-refractivity contribution is 0.434. The Balaban J connectivity index is 2.09. The molecule has 1 aliphatic heterocycles. The van der Waals surface area contributed by atoms with Gasteiger partial charge in [-0.05, 0) is 59.7 Å². The topological polar surface area (TPSA) is 12.0 Å². The molecule has 2 heteroatoms. The first-order valence-electron chi connectivity index (χ1n) is 7.13. The highest BCUT2D eigenvalue weighted by Gasteiger charge is 2.30. The van der Waals surface area contributed by atoms with Gasteiger partial charge >= 0.3 is 0 Å². The molecule has 0 saturated carbocycles. The molecule has 1 atom stereocenters. The summed E-state index contributed by atoms with van der Waals surface area (Å²) in [6.45, 7) is 6.77. The van der Waals surface area contributed by atoms with E-state index in [1.165, 1.54) is 17.3 Å². The van der Waals surface area contributed by atoms with Crippen molar-refractivity contribution < 1.29 is 4.39 Å². The maximum atomic E-state index is 13.4. The van der Waals surface area contributed by atoms with E-state index in [2.05, 4.69) is 44.3 Å². The van der Waals surface area contributed by atoms with Crippen molar-refractivity contribution in [2.75, 3.05) is 5.32 Å². The van der Waals surface area contributed by atoms with Crippen LogP contribution in [0.1, 0.15) is 32.8 Å². The van der Waals surface area contributed by atoms with Crippen LogP contribution < -0.4 is 5.32 Å². The van der Waals surface area contributed by atoms with E-state index in [4.69, 9.17) is 0 Å². The Morgan fingerprint density at radius 2 is 1.85 bits per heavy atom. The van der Waals surface area contributed by atoms with Crippen LogP contribution in [0.5, 0.6) is 0 Å². The standard InChI is InChI=1S/C18H20FN/c1-12-11-18(2,3)16-10-14(7-8-17(16)20-12)13-5-4-6-15(19)9-13/h4-10,12,20H,11H2,1-3H3. The van der Waals surface area contributed by atoms with Crippen molar-refractivity contribution in [3.05, 3.63) is 53.8 Å². The molecule has 0 radical (unpaired) electrons. The molecule has 1 heterocycles. The molecule has 0 bridgehead atoms. The van der Waals surface area contributed by atoms with Crippen LogP contribution in [0.25, 0.3) is 11.1 Å². The quantitative estimate of drug-likeness (QED) is 0.770. The minimum Gasteiger partial charge on any atom is -0.382 e. The van der Waals surface area contributed by atoms with E-state index in [1.54, 1.807) is 12.1 Å². The summed E-state index contributed by atoms with van der Waals surface area (Å²) in [5, 5.41) is 3.53. The molecule has 0 aliphatic carbocycles. The number of hydrogen-bond acceptors (Lipinski definition) is 1. The number of fused-ring (bicyclic) bond motifs is 1. The van der Waals surface area contributed by atoms with Gasteiger partial charge in [0.1, 0.15) is 5.82 Å². The van der Waals surface area contributed by atoms with Gasteiger partial charge in [-0.1, -0.05) is 32.0 Å². The number of anilines is 1. The fourth-order valence-electron chi connectivity index (χ4n) is 3.27. The molecular formula is C18H20FN. The van der Waals surface area contributed by atoms with Gasteiger partial charge in [0.05, 0.1) is 0 Å². The van der Waals surface area contributed by atoms with Gasteiger partial charge in [-0.15, -0.1) is 0 Å². The van der Waals surface area contributed by atoms with Crippen LogP contribution in [0.15, 0.2) is 42.5 Å². The minimum atomic E-state index is -0.189. The summed E-state index contributed by atoms with van der Waals surface area (Å²) in [5.74, 6) is -0.189. The van der Waals surface area contributed by atoms with Gasteiger partial charge in [0.25, 0.3) is 0 Å². The molecule has 0 aromatic heterocycles. The second-order valence-corrected chi connectivity index (χ2v) is 6.40. The number of halogens is 1. The lowest BCUT2D eigenvalue weighted by atomic mass is 9.75. The van der Waals surface area contributed by atoms with Gasteiger partial charge in [0.2, 0.25) is 0 Å². The molecule has 1 aliphatic rings. The molecule has 3 rings (SSSR count). The summed E-state index contributed by atoms with van der Waals surface area (Å²) in [6, 6.07) is 13.7. The van der Waals surface area contributed by atoms with Gasteiger partial charge in [0, 0.05) is 11.7 Å². The van der Waals surface area contributed by atoms with Gasteiger partial charge in [0.15, 0.2) is 0 Å². The van der Waals surface area contributed by atoms with Gasteiger partial charge in [-0.25, -0.2) is 4.39 Å². The largest absolute Gasteiger partial charge is 0.382 e. The van der Waals surface area contributed by atoms with E-state index in [0.29, 0.717) is 6.04 Å². The number of hydrogen-bond donors (Lipinski definition) is 1. The molecule has 0 saturated heterocycles. The Morgan fingerprint density at radius 1 is 1.10 bits per heavy atom. The van der Waals surface area contributed by atoms with Crippen LogP contribution in [0.4, 0.5) is 10.1 Å². The summed E-state index contributed by atoms with van der Waals surface area (Å²) in [5.41, 5.74) is 4.67. The van der Waals surface area contributed by atoms with Gasteiger partial charge in [-0.2, -0.15) is 0 Å². The normalized spacial score (nSPS) is 20.1. The van der Waals surface area contributed by atoms with Crippen molar-refractivity contribution >= 4 is 5.69 Å². The van der Waals surface area contributed by atoms with Crippen LogP contribution in [0, 0.1) is 5.82 Å². The Kier molecular flexibility index (Phi) is 3.04. The minimum absolute atomic E-state index is 0.142. The third-order valence-corrected chi connectivity index (χ3v) is 4.13. The van der Waals surface area contributed by atoms with E-state index in [1.807, 2.05) is 6.07 Å². The van der Waals surface area contributed by atoms with E-state index < -0.39 is 0 Å². The first-order valence-corrected chi connectivity index (χ1v) is 7.13. The number of nitrogens with one attached hydrogen (secondary N) is 1. The second kappa shape index (κ2) is 4.62. The fourth-order valence-corrected chi connectivity index (χ4v) is 3.27. The Labute approximate surface area is 119 Å². The van der Waals surface area contributed by atoms with E-state index in [-0.39, 0.29) is 11.2 Å². The maximum Gasteiger partial charge on any atom is 0.123 e. The average Bonchev–Trinajstić information content (AvgIpc) is 2.37. The highest BCUT2D eigenvalue weighted by atomic mass is 19.1. The number of rotatable bonds is 1. The molecule has 0 amide bonds. The van der Waals surface area contributed by atoms with Crippen molar-refractivity contribution in [2.45, 2.75) is 38.6 Å². The zero-order valence-electron chi connectivity index (χ0n) is 12.2. The molecule has 2 aromatic carbocycles. The predicted molar refractivity (Wildman–Crippen MR) is 82.6 cm³/mol. The maximum absolute atomic E-state index is 13.4. The van der Waals surface area contributed by atoms with Gasteiger partial charge < -0.3 is 5.32 Å². The number of benzene rings is 2. The summed E-state index contributed by atoms with van der Waals surface area (Å²) >= 11 is 0. The SMILES string of the molecule is CC1CC(C)(C)c2cc(-c3cccc(F)c3)ccc2N1. The second-order valence-electron chi connectivity index (χ2n) is 6.40. The molecular weight excluding hydrogens is 249 g/mol. The van der Waals surface area contributed by atoms with Crippen molar-refractivity contribution in [3.63, 3.8) is 0 Å². The first kappa shape index (κ1) is 13.2. The van der Waals surface area contributed by atoms with E-state index in [9.17, 15) is 4.39 Å². The van der Waals surface area contributed by atoms with Gasteiger partial charge in [-0.3, -0.25) is 0 Å². The average molecular weight is 269 g/mol. The Hall–Kier alpha value is -1.83. The molecule has 2 aromatic rings. The van der Waals surface area contributed by atoms with Crippen LogP contribution in [0.2, 0.25) is 0 Å². The van der Waals surface area contributed by atoms with Crippen molar-refractivity contribution in [1.29, 1.82) is 0 Å².